The number of benzene rings is 1. The van der Waals surface area contributed by atoms with Crippen molar-refractivity contribution in [3.8, 4) is 11.5 Å². The summed E-state index contributed by atoms with van der Waals surface area (Å²) in [5, 5.41) is 0. The lowest BCUT2D eigenvalue weighted by atomic mass is 9.71. The molecule has 3 heteroatoms. The molecule has 2 N–H and O–H groups in total. The number of methoxy groups -OCH3 is 2. The molecule has 0 aromatic heterocycles. The van der Waals surface area contributed by atoms with Crippen molar-refractivity contribution in [1.29, 1.82) is 0 Å². The Kier molecular flexibility index (Phi) is 3.04. The van der Waals surface area contributed by atoms with Crippen LogP contribution in [0.3, 0.4) is 0 Å². The van der Waals surface area contributed by atoms with Gasteiger partial charge in [0.05, 0.1) is 14.2 Å². The summed E-state index contributed by atoms with van der Waals surface area (Å²) in [5.41, 5.74) is 8.82. The quantitative estimate of drug-likeness (QED) is 0.857. The molecule has 0 radical (unpaired) electrons. The highest BCUT2D eigenvalue weighted by molar-refractivity contribution is 5.51. The molecule has 0 saturated carbocycles. The molecule has 0 spiro atoms. The summed E-state index contributed by atoms with van der Waals surface area (Å²) in [7, 11) is 3.32. The average Bonchev–Trinajstić information content (AvgIpc) is 2.33. The van der Waals surface area contributed by atoms with Gasteiger partial charge in [-0.2, -0.15) is 0 Å². The van der Waals surface area contributed by atoms with Gasteiger partial charge in [0.2, 0.25) is 0 Å². The number of nitrogens with two attached hydrogens (primary N) is 1. The molecule has 3 nitrogen and oxygen atoms in total. The van der Waals surface area contributed by atoms with Crippen LogP contribution in [-0.4, -0.2) is 14.2 Å². The van der Waals surface area contributed by atoms with E-state index in [1.807, 2.05) is 6.07 Å². The Morgan fingerprint density at radius 1 is 1.18 bits per heavy atom. The Balaban J connectivity index is 2.61. The number of rotatable bonds is 2. The summed E-state index contributed by atoms with van der Waals surface area (Å²) < 4.78 is 10.7. The van der Waals surface area contributed by atoms with E-state index in [1.165, 1.54) is 11.1 Å². The summed E-state index contributed by atoms with van der Waals surface area (Å²) in [6.07, 6.45) is 2.13. The smallest absolute Gasteiger partial charge is 0.161 e. The molecule has 1 aromatic carbocycles. The van der Waals surface area contributed by atoms with Gasteiger partial charge in [0.15, 0.2) is 11.5 Å². The van der Waals surface area contributed by atoms with Crippen molar-refractivity contribution in [3.05, 3.63) is 23.3 Å². The largest absolute Gasteiger partial charge is 0.493 e. The van der Waals surface area contributed by atoms with Gasteiger partial charge >= 0.3 is 0 Å². The van der Waals surface area contributed by atoms with Crippen LogP contribution in [0.2, 0.25) is 0 Å². The molecule has 1 aromatic rings. The van der Waals surface area contributed by atoms with E-state index in [1.54, 1.807) is 14.2 Å². The van der Waals surface area contributed by atoms with Crippen LogP contribution >= 0.6 is 0 Å². The lowest BCUT2D eigenvalue weighted by molar-refractivity contribution is 0.345. The molecule has 0 aliphatic heterocycles. The summed E-state index contributed by atoms with van der Waals surface area (Å²) in [4.78, 5) is 0. The number of fused-ring (bicyclic) bond motifs is 1. The van der Waals surface area contributed by atoms with Gasteiger partial charge in [0.25, 0.3) is 0 Å². The Labute approximate surface area is 103 Å². The highest BCUT2D eigenvalue weighted by Crippen LogP contribution is 2.45. The zero-order chi connectivity index (χ0) is 12.6. The summed E-state index contributed by atoms with van der Waals surface area (Å²) in [6, 6.07) is 4.21. The van der Waals surface area contributed by atoms with Crippen molar-refractivity contribution in [3.63, 3.8) is 0 Å². The van der Waals surface area contributed by atoms with Crippen LogP contribution in [0.5, 0.6) is 11.5 Å². The minimum Gasteiger partial charge on any atom is -0.493 e. The van der Waals surface area contributed by atoms with Gasteiger partial charge in [-0.25, -0.2) is 0 Å². The van der Waals surface area contributed by atoms with Crippen molar-refractivity contribution in [2.45, 2.75) is 38.1 Å². The maximum absolute atomic E-state index is 6.19. The second-order valence-electron chi connectivity index (χ2n) is 5.32. The summed E-state index contributed by atoms with van der Waals surface area (Å²) in [5.74, 6) is 1.55. The third kappa shape index (κ3) is 2.00. The van der Waals surface area contributed by atoms with Gasteiger partial charge in [-0.05, 0) is 41.5 Å². The summed E-state index contributed by atoms with van der Waals surface area (Å²) in [6.45, 7) is 4.51. The third-order valence-corrected chi connectivity index (χ3v) is 3.76. The van der Waals surface area contributed by atoms with Crippen LogP contribution in [0.1, 0.15) is 43.9 Å². The molecule has 0 amide bonds. The highest BCUT2D eigenvalue weighted by atomic mass is 16.5. The first-order valence-corrected chi connectivity index (χ1v) is 6.01. The van der Waals surface area contributed by atoms with Gasteiger partial charge in [0, 0.05) is 6.04 Å². The van der Waals surface area contributed by atoms with Crippen LogP contribution in [0.4, 0.5) is 0 Å². The fraction of sp³-hybridized carbons (Fsp3) is 0.571. The van der Waals surface area contributed by atoms with E-state index < -0.39 is 0 Å². The SMILES string of the molecule is COc1cc2c(cc1OC)C(C)(C)CCC2N. The third-order valence-electron chi connectivity index (χ3n) is 3.76. The zero-order valence-corrected chi connectivity index (χ0v) is 11.0. The second-order valence-corrected chi connectivity index (χ2v) is 5.32. The first-order chi connectivity index (χ1) is 7.99. The van der Waals surface area contributed by atoms with Crippen molar-refractivity contribution in [2.75, 3.05) is 14.2 Å². The monoisotopic (exact) mass is 235 g/mol. The van der Waals surface area contributed by atoms with E-state index in [9.17, 15) is 0 Å². The number of ether oxygens (including phenoxy) is 2. The lowest BCUT2D eigenvalue weighted by Gasteiger charge is -2.36. The Morgan fingerprint density at radius 2 is 1.76 bits per heavy atom. The van der Waals surface area contributed by atoms with E-state index >= 15 is 0 Å². The van der Waals surface area contributed by atoms with Crippen molar-refractivity contribution in [1.82, 2.24) is 0 Å². The van der Waals surface area contributed by atoms with Crippen molar-refractivity contribution in [2.24, 2.45) is 5.73 Å². The maximum atomic E-state index is 6.19. The Morgan fingerprint density at radius 3 is 2.35 bits per heavy atom. The van der Waals surface area contributed by atoms with Gasteiger partial charge in [-0.15, -0.1) is 0 Å². The molecule has 1 aliphatic rings. The maximum Gasteiger partial charge on any atom is 0.161 e. The molecule has 2 rings (SSSR count). The molecule has 0 saturated heterocycles. The molecule has 17 heavy (non-hydrogen) atoms. The molecule has 1 atom stereocenters. The van der Waals surface area contributed by atoms with Gasteiger partial charge in [-0.1, -0.05) is 13.8 Å². The highest BCUT2D eigenvalue weighted by Gasteiger charge is 2.32. The Hall–Kier alpha value is -1.22. The van der Waals surface area contributed by atoms with E-state index in [4.69, 9.17) is 15.2 Å². The van der Waals surface area contributed by atoms with E-state index in [0.717, 1.165) is 24.3 Å². The minimum absolute atomic E-state index is 0.109. The van der Waals surface area contributed by atoms with E-state index in [2.05, 4.69) is 19.9 Å². The first kappa shape index (κ1) is 12.2. The van der Waals surface area contributed by atoms with Crippen molar-refractivity contribution < 1.29 is 9.47 Å². The normalized spacial score (nSPS) is 21.8. The molecular weight excluding hydrogens is 214 g/mol. The van der Waals surface area contributed by atoms with Crippen LogP contribution < -0.4 is 15.2 Å². The fourth-order valence-electron chi connectivity index (χ4n) is 2.59. The Bertz CT molecular complexity index is 426. The number of hydrogen-bond acceptors (Lipinski definition) is 3. The first-order valence-electron chi connectivity index (χ1n) is 6.01. The predicted octanol–water partition coefficient (Wildman–Crippen LogP) is 2.78. The van der Waals surface area contributed by atoms with Gasteiger partial charge in [0.1, 0.15) is 0 Å². The van der Waals surface area contributed by atoms with Gasteiger partial charge < -0.3 is 15.2 Å². The topological polar surface area (TPSA) is 44.5 Å². The van der Waals surface area contributed by atoms with Crippen LogP contribution in [0.15, 0.2) is 12.1 Å². The van der Waals surface area contributed by atoms with Crippen LogP contribution in [0.25, 0.3) is 0 Å². The molecule has 0 heterocycles. The minimum atomic E-state index is 0.109. The van der Waals surface area contributed by atoms with E-state index in [0.29, 0.717) is 0 Å². The predicted molar refractivity (Wildman–Crippen MR) is 68.7 cm³/mol. The molecule has 1 aliphatic carbocycles. The molecular formula is C14H21NO2. The molecule has 0 fully saturated rings. The van der Waals surface area contributed by atoms with Crippen LogP contribution in [0, 0.1) is 0 Å². The van der Waals surface area contributed by atoms with Gasteiger partial charge in [-0.3, -0.25) is 0 Å². The molecule has 0 bridgehead atoms. The molecule has 94 valence electrons. The van der Waals surface area contributed by atoms with E-state index in [-0.39, 0.29) is 11.5 Å². The second kappa shape index (κ2) is 4.22. The number of hydrogen-bond donors (Lipinski definition) is 1. The lowest BCUT2D eigenvalue weighted by Crippen LogP contribution is -2.29. The standard InChI is InChI=1S/C14H21NO2/c1-14(2)6-5-11(15)9-7-12(16-3)13(17-4)8-10(9)14/h7-8,11H,5-6,15H2,1-4H3. The average molecular weight is 235 g/mol. The fourth-order valence-corrected chi connectivity index (χ4v) is 2.59. The van der Waals surface area contributed by atoms with Crippen molar-refractivity contribution >= 4 is 0 Å². The zero-order valence-electron chi connectivity index (χ0n) is 11.0. The molecule has 1 unspecified atom stereocenters. The summed E-state index contributed by atoms with van der Waals surface area (Å²) >= 11 is 0. The van der Waals surface area contributed by atoms with Crippen LogP contribution in [-0.2, 0) is 5.41 Å².